The zero-order valence-electron chi connectivity index (χ0n) is 15.4. The van der Waals surface area contributed by atoms with Crippen LogP contribution in [-0.4, -0.2) is 41.7 Å². The van der Waals surface area contributed by atoms with E-state index >= 15 is 0 Å². The summed E-state index contributed by atoms with van der Waals surface area (Å²) in [5, 5.41) is 3.09. The Hall–Kier alpha value is -2.41. The summed E-state index contributed by atoms with van der Waals surface area (Å²) in [6.07, 6.45) is 2.90. The molecular weight excluding hydrogens is 384 g/mol. The third kappa shape index (κ3) is 3.28. The molecule has 0 unspecified atom stereocenters. The van der Waals surface area contributed by atoms with Crippen molar-refractivity contribution in [3.63, 3.8) is 0 Å². The molecule has 1 saturated heterocycles. The molecule has 8 heteroatoms. The normalized spacial score (nSPS) is 27.9. The fourth-order valence-electron chi connectivity index (χ4n) is 4.81. The Kier molecular flexibility index (Phi) is 4.87. The first-order valence-corrected chi connectivity index (χ1v) is 9.80. The highest BCUT2D eigenvalue weighted by molar-refractivity contribution is 6.31. The molecule has 1 aliphatic heterocycles. The van der Waals surface area contributed by atoms with Gasteiger partial charge >= 0.3 is 5.97 Å². The maximum absolute atomic E-state index is 12.6. The Labute approximate surface area is 167 Å². The fraction of sp³-hybridized carbons (Fsp3) is 0.500. The minimum absolute atomic E-state index is 0.264. The van der Waals surface area contributed by atoms with Crippen LogP contribution in [0.1, 0.15) is 24.8 Å². The molecule has 7 nitrogen and oxygen atoms in total. The summed E-state index contributed by atoms with van der Waals surface area (Å²) in [5.74, 6) is -1.84. The minimum atomic E-state index is -0.772. The van der Waals surface area contributed by atoms with E-state index in [4.69, 9.17) is 16.3 Å². The molecule has 28 heavy (non-hydrogen) atoms. The largest absolute Gasteiger partial charge is 0.454 e. The van der Waals surface area contributed by atoms with E-state index in [-0.39, 0.29) is 35.5 Å². The number of likely N-dealkylation sites (tertiary alicyclic amines) is 1. The topological polar surface area (TPSA) is 92.8 Å². The lowest BCUT2D eigenvalue weighted by molar-refractivity contribution is -0.154. The number of esters is 1. The number of hydrogen-bond donors (Lipinski definition) is 1. The second kappa shape index (κ2) is 7.20. The van der Waals surface area contributed by atoms with Gasteiger partial charge in [0.15, 0.2) is 6.61 Å². The number of nitrogens with one attached hydrogen (secondary N) is 1. The van der Waals surface area contributed by atoms with Crippen LogP contribution >= 0.6 is 11.6 Å². The van der Waals surface area contributed by atoms with Crippen LogP contribution in [0, 0.1) is 30.6 Å². The Morgan fingerprint density at radius 3 is 2.43 bits per heavy atom. The van der Waals surface area contributed by atoms with Gasteiger partial charge in [-0.2, -0.15) is 0 Å². The zero-order valence-corrected chi connectivity index (χ0v) is 16.2. The van der Waals surface area contributed by atoms with E-state index in [9.17, 15) is 19.2 Å². The highest BCUT2D eigenvalue weighted by Crippen LogP contribution is 2.56. The Morgan fingerprint density at radius 1 is 1.18 bits per heavy atom. The number of halogens is 1. The number of carbonyl (C=O) groups excluding carboxylic acids is 4. The monoisotopic (exact) mass is 404 g/mol. The van der Waals surface area contributed by atoms with Crippen LogP contribution in [0.2, 0.25) is 5.02 Å². The van der Waals surface area contributed by atoms with Gasteiger partial charge in [-0.15, -0.1) is 0 Å². The number of benzene rings is 1. The predicted octanol–water partition coefficient (Wildman–Crippen LogP) is 2.16. The quantitative estimate of drug-likeness (QED) is 0.599. The predicted molar refractivity (Wildman–Crippen MR) is 100 cm³/mol. The first-order valence-electron chi connectivity index (χ1n) is 9.42. The molecule has 3 aliphatic rings. The van der Waals surface area contributed by atoms with E-state index in [0.717, 1.165) is 29.7 Å². The summed E-state index contributed by atoms with van der Waals surface area (Å²) >= 11 is 6.01. The number of aryl methyl sites for hydroxylation is 1. The molecule has 3 fully saturated rings. The molecule has 2 saturated carbocycles. The van der Waals surface area contributed by atoms with Gasteiger partial charge in [0.05, 0.1) is 11.8 Å². The van der Waals surface area contributed by atoms with Gasteiger partial charge in [0.1, 0.15) is 6.54 Å². The molecular formula is C20H21ClN2O5. The third-order valence-corrected chi connectivity index (χ3v) is 6.53. The van der Waals surface area contributed by atoms with E-state index < -0.39 is 25.0 Å². The van der Waals surface area contributed by atoms with Crippen LogP contribution in [0.15, 0.2) is 18.2 Å². The molecule has 1 aromatic carbocycles. The number of hydrogen-bond acceptors (Lipinski definition) is 5. The van der Waals surface area contributed by atoms with Gasteiger partial charge in [-0.1, -0.05) is 17.7 Å². The smallest absolute Gasteiger partial charge is 0.326 e. The van der Waals surface area contributed by atoms with E-state index in [1.54, 1.807) is 18.2 Å². The average molecular weight is 405 g/mol. The van der Waals surface area contributed by atoms with Crippen molar-refractivity contribution < 1.29 is 23.9 Å². The van der Waals surface area contributed by atoms with Crippen molar-refractivity contribution in [2.45, 2.75) is 26.2 Å². The van der Waals surface area contributed by atoms with E-state index in [1.165, 1.54) is 0 Å². The van der Waals surface area contributed by atoms with E-state index in [0.29, 0.717) is 10.7 Å². The lowest BCUT2D eigenvalue weighted by atomic mass is 9.81. The van der Waals surface area contributed by atoms with Crippen LogP contribution in [0.4, 0.5) is 5.69 Å². The van der Waals surface area contributed by atoms with Crippen molar-refractivity contribution in [2.75, 3.05) is 18.5 Å². The molecule has 0 aromatic heterocycles. The van der Waals surface area contributed by atoms with E-state index in [1.807, 2.05) is 6.92 Å². The van der Waals surface area contributed by atoms with Gasteiger partial charge in [0, 0.05) is 10.7 Å². The Balaban J connectivity index is 1.29. The molecule has 2 aliphatic carbocycles. The van der Waals surface area contributed by atoms with Crippen LogP contribution in [0.25, 0.3) is 0 Å². The van der Waals surface area contributed by atoms with Crippen molar-refractivity contribution in [1.82, 2.24) is 4.90 Å². The number of imide groups is 1. The zero-order chi connectivity index (χ0) is 20.0. The standard InChI is InChI=1S/C20H21ClN2O5/c1-10-2-5-13(7-14(10)21)22-15(24)9-28-16(25)8-23-19(26)17-11-3-4-12(6-11)18(17)20(23)27/h2,5,7,11-12,17-18H,3-4,6,8-9H2,1H3,(H,22,24)/t11-,12-,17-,18+/m1/s1. The molecule has 1 N–H and O–H groups in total. The minimum Gasteiger partial charge on any atom is -0.454 e. The first kappa shape index (κ1) is 18.9. The second-order valence-electron chi connectivity index (χ2n) is 7.82. The average Bonchev–Trinajstić information content (AvgIpc) is 3.33. The van der Waals surface area contributed by atoms with Gasteiger partial charge in [0.25, 0.3) is 5.91 Å². The van der Waals surface area contributed by atoms with Crippen LogP contribution in [0.5, 0.6) is 0 Å². The fourth-order valence-corrected chi connectivity index (χ4v) is 5.00. The lowest BCUT2D eigenvalue weighted by Crippen LogP contribution is -2.38. The molecule has 0 radical (unpaired) electrons. The second-order valence-corrected chi connectivity index (χ2v) is 8.23. The van der Waals surface area contributed by atoms with Crippen LogP contribution in [0.3, 0.4) is 0 Å². The van der Waals surface area contributed by atoms with Crippen molar-refractivity contribution in [2.24, 2.45) is 23.7 Å². The summed E-state index contributed by atoms with van der Waals surface area (Å²) in [6.45, 7) is 0.905. The van der Waals surface area contributed by atoms with E-state index in [2.05, 4.69) is 5.32 Å². The van der Waals surface area contributed by atoms with Gasteiger partial charge < -0.3 is 10.1 Å². The number of carbonyl (C=O) groups is 4. The molecule has 4 atom stereocenters. The highest BCUT2D eigenvalue weighted by Gasteiger charge is 2.61. The number of anilines is 1. The summed E-state index contributed by atoms with van der Waals surface area (Å²) < 4.78 is 4.95. The Bertz CT molecular complexity index is 842. The van der Waals surface area contributed by atoms with Crippen molar-refractivity contribution in [1.29, 1.82) is 0 Å². The van der Waals surface area contributed by atoms with Gasteiger partial charge in [-0.05, 0) is 55.7 Å². The SMILES string of the molecule is Cc1ccc(NC(=O)COC(=O)CN2C(=O)[C@@H]3[C@@H]4CC[C@H](C4)[C@@H]3C2=O)cc1Cl. The molecule has 1 heterocycles. The summed E-state index contributed by atoms with van der Waals surface area (Å²) in [5.41, 5.74) is 1.37. The maximum atomic E-state index is 12.6. The number of ether oxygens (including phenoxy) is 1. The van der Waals surface area contributed by atoms with Crippen molar-refractivity contribution >= 4 is 41.0 Å². The van der Waals surface area contributed by atoms with Crippen LogP contribution in [-0.2, 0) is 23.9 Å². The summed E-state index contributed by atoms with van der Waals surface area (Å²) in [6, 6.07) is 5.05. The summed E-state index contributed by atoms with van der Waals surface area (Å²) in [4.78, 5) is 50.2. The van der Waals surface area contributed by atoms with Gasteiger partial charge in [0.2, 0.25) is 11.8 Å². The number of rotatable bonds is 5. The highest BCUT2D eigenvalue weighted by atomic mass is 35.5. The number of amides is 3. The lowest BCUT2D eigenvalue weighted by Gasteiger charge is -2.19. The number of fused-ring (bicyclic) bond motifs is 5. The molecule has 2 bridgehead atoms. The summed E-state index contributed by atoms with van der Waals surface area (Å²) in [7, 11) is 0. The molecule has 1 aromatic rings. The van der Waals surface area contributed by atoms with Gasteiger partial charge in [-0.3, -0.25) is 24.1 Å². The van der Waals surface area contributed by atoms with Gasteiger partial charge in [-0.25, -0.2) is 0 Å². The molecule has 3 amide bonds. The van der Waals surface area contributed by atoms with Crippen molar-refractivity contribution in [3.8, 4) is 0 Å². The molecule has 0 spiro atoms. The van der Waals surface area contributed by atoms with Crippen LogP contribution < -0.4 is 5.32 Å². The first-order chi connectivity index (χ1) is 13.3. The molecule has 4 rings (SSSR count). The number of nitrogens with zero attached hydrogens (tertiary/aromatic N) is 1. The van der Waals surface area contributed by atoms with Crippen molar-refractivity contribution in [3.05, 3.63) is 28.8 Å². The third-order valence-electron chi connectivity index (χ3n) is 6.13. The maximum Gasteiger partial charge on any atom is 0.326 e. The molecule has 148 valence electrons. The Morgan fingerprint density at radius 2 is 1.82 bits per heavy atom.